The molecule has 1 aliphatic heterocycles. The van der Waals surface area contributed by atoms with Crippen LogP contribution in [0.4, 0.5) is 0 Å². The van der Waals surface area contributed by atoms with Gasteiger partial charge in [0, 0.05) is 18.2 Å². The summed E-state index contributed by atoms with van der Waals surface area (Å²) in [6.07, 6.45) is 4.98. The van der Waals surface area contributed by atoms with E-state index in [0.717, 1.165) is 31.7 Å². The summed E-state index contributed by atoms with van der Waals surface area (Å²) in [5.41, 5.74) is 0. The van der Waals surface area contributed by atoms with Gasteiger partial charge in [-0.15, -0.1) is 0 Å². The van der Waals surface area contributed by atoms with Gasteiger partial charge in [0.05, 0.1) is 12.7 Å². The third-order valence-corrected chi connectivity index (χ3v) is 3.63. The molecule has 1 fully saturated rings. The van der Waals surface area contributed by atoms with Crippen LogP contribution in [0.2, 0.25) is 0 Å². The van der Waals surface area contributed by atoms with Crippen LogP contribution >= 0.6 is 11.8 Å². The lowest BCUT2D eigenvalue weighted by Crippen LogP contribution is -2.36. The van der Waals surface area contributed by atoms with Crippen molar-refractivity contribution < 1.29 is 9.53 Å². The van der Waals surface area contributed by atoms with Crippen molar-refractivity contribution >= 4 is 17.7 Å². The van der Waals surface area contributed by atoms with Gasteiger partial charge in [0.15, 0.2) is 0 Å². The van der Waals surface area contributed by atoms with Crippen molar-refractivity contribution in [1.29, 1.82) is 0 Å². The normalized spacial score (nSPS) is 18.9. The molecule has 1 amide bonds. The van der Waals surface area contributed by atoms with Crippen LogP contribution in [0.5, 0.6) is 0 Å². The van der Waals surface area contributed by atoms with Crippen molar-refractivity contribution in [2.24, 2.45) is 0 Å². The smallest absolute Gasteiger partial charge is 0.222 e. The van der Waals surface area contributed by atoms with Gasteiger partial charge in [-0.3, -0.25) is 4.79 Å². The van der Waals surface area contributed by atoms with Crippen molar-refractivity contribution in [3.8, 4) is 0 Å². The molecule has 0 aromatic carbocycles. The predicted octanol–water partition coefficient (Wildman–Crippen LogP) is 1.01. The van der Waals surface area contributed by atoms with Crippen LogP contribution in [0.3, 0.4) is 0 Å². The zero-order valence-corrected chi connectivity index (χ0v) is 11.6. The minimum absolute atomic E-state index is 0.0977. The highest BCUT2D eigenvalue weighted by molar-refractivity contribution is 7.98. The molecule has 0 aromatic rings. The molecule has 1 aliphatic rings. The molecule has 0 radical (unpaired) electrons. The molecule has 1 heterocycles. The highest BCUT2D eigenvalue weighted by atomic mass is 32.2. The monoisotopic (exact) mass is 260 g/mol. The van der Waals surface area contributed by atoms with Gasteiger partial charge in [0.1, 0.15) is 0 Å². The standard InChI is InChI=1S/C12H24N2O2S/c1-10(9-17-2)14-12(15)5-8-16-11-3-6-13-7-4-11/h10-11,13H,3-9H2,1-2H3,(H,14,15). The second-order valence-electron chi connectivity index (χ2n) is 4.49. The third kappa shape index (κ3) is 6.91. The average molecular weight is 260 g/mol. The minimum Gasteiger partial charge on any atom is -0.378 e. The van der Waals surface area contributed by atoms with E-state index >= 15 is 0 Å². The summed E-state index contributed by atoms with van der Waals surface area (Å²) < 4.78 is 5.69. The number of ether oxygens (including phenoxy) is 1. The molecular formula is C12H24N2O2S. The van der Waals surface area contributed by atoms with E-state index in [1.54, 1.807) is 11.8 Å². The Labute approximate surface area is 108 Å². The molecule has 1 atom stereocenters. The van der Waals surface area contributed by atoms with Gasteiger partial charge in [-0.25, -0.2) is 0 Å². The number of thioether (sulfide) groups is 1. The molecule has 1 saturated heterocycles. The quantitative estimate of drug-likeness (QED) is 0.717. The van der Waals surface area contributed by atoms with Gasteiger partial charge in [-0.05, 0) is 39.1 Å². The molecule has 0 spiro atoms. The maximum absolute atomic E-state index is 11.6. The highest BCUT2D eigenvalue weighted by Gasteiger charge is 2.14. The Kier molecular flexibility index (Phi) is 7.64. The van der Waals surface area contributed by atoms with Crippen molar-refractivity contribution in [1.82, 2.24) is 10.6 Å². The summed E-state index contributed by atoms with van der Waals surface area (Å²) in [5, 5.41) is 6.26. The molecule has 1 unspecified atom stereocenters. The molecule has 17 heavy (non-hydrogen) atoms. The fourth-order valence-electron chi connectivity index (χ4n) is 1.92. The lowest BCUT2D eigenvalue weighted by Gasteiger charge is -2.23. The van der Waals surface area contributed by atoms with Crippen LogP contribution in [0.15, 0.2) is 0 Å². The first-order chi connectivity index (χ1) is 8.22. The fourth-order valence-corrected chi connectivity index (χ4v) is 2.50. The molecule has 5 heteroatoms. The van der Waals surface area contributed by atoms with Crippen LogP contribution in [0, 0.1) is 0 Å². The first-order valence-electron chi connectivity index (χ1n) is 6.33. The van der Waals surface area contributed by atoms with Crippen LogP contribution in [0.25, 0.3) is 0 Å². The molecule has 100 valence electrons. The second kappa shape index (κ2) is 8.78. The molecule has 0 aromatic heterocycles. The van der Waals surface area contributed by atoms with Crippen LogP contribution in [-0.4, -0.2) is 49.8 Å². The first kappa shape index (κ1) is 14.8. The summed E-state index contributed by atoms with van der Waals surface area (Å²) in [4.78, 5) is 11.6. The number of amides is 1. The fraction of sp³-hybridized carbons (Fsp3) is 0.917. The number of nitrogens with one attached hydrogen (secondary N) is 2. The Bertz CT molecular complexity index is 221. The Balaban J connectivity index is 2.03. The summed E-state index contributed by atoms with van der Waals surface area (Å²) >= 11 is 1.75. The highest BCUT2D eigenvalue weighted by Crippen LogP contribution is 2.07. The number of carbonyl (C=O) groups is 1. The van der Waals surface area contributed by atoms with Gasteiger partial charge >= 0.3 is 0 Å². The molecule has 0 aliphatic carbocycles. The minimum atomic E-state index is 0.0977. The van der Waals surface area contributed by atoms with Crippen molar-refractivity contribution in [3.63, 3.8) is 0 Å². The van der Waals surface area contributed by atoms with Gasteiger partial charge in [0.25, 0.3) is 0 Å². The predicted molar refractivity (Wildman–Crippen MR) is 72.4 cm³/mol. The summed E-state index contributed by atoms with van der Waals surface area (Å²) in [5.74, 6) is 1.06. The van der Waals surface area contributed by atoms with Crippen LogP contribution in [0.1, 0.15) is 26.2 Å². The molecule has 0 bridgehead atoms. The maximum atomic E-state index is 11.6. The van der Waals surface area contributed by atoms with E-state index in [1.807, 2.05) is 13.2 Å². The van der Waals surface area contributed by atoms with Crippen LogP contribution in [-0.2, 0) is 9.53 Å². The van der Waals surface area contributed by atoms with Gasteiger partial charge in [0.2, 0.25) is 5.91 Å². The largest absolute Gasteiger partial charge is 0.378 e. The average Bonchev–Trinajstić information content (AvgIpc) is 2.30. The Morgan fingerprint density at radius 2 is 2.24 bits per heavy atom. The van der Waals surface area contributed by atoms with Crippen molar-refractivity contribution in [3.05, 3.63) is 0 Å². The summed E-state index contributed by atoms with van der Waals surface area (Å²) in [7, 11) is 0. The molecule has 1 rings (SSSR count). The maximum Gasteiger partial charge on any atom is 0.222 e. The number of rotatable bonds is 7. The number of carbonyl (C=O) groups excluding carboxylic acids is 1. The lowest BCUT2D eigenvalue weighted by atomic mass is 10.1. The van der Waals surface area contributed by atoms with Crippen molar-refractivity contribution in [2.75, 3.05) is 31.7 Å². The number of hydrogen-bond donors (Lipinski definition) is 2. The van der Waals surface area contributed by atoms with Gasteiger partial charge < -0.3 is 15.4 Å². The van der Waals surface area contributed by atoms with E-state index in [1.165, 1.54) is 0 Å². The summed E-state index contributed by atoms with van der Waals surface area (Å²) in [6.45, 7) is 4.63. The zero-order chi connectivity index (χ0) is 12.5. The second-order valence-corrected chi connectivity index (χ2v) is 5.40. The number of piperidine rings is 1. The van der Waals surface area contributed by atoms with Crippen molar-refractivity contribution in [2.45, 2.75) is 38.3 Å². The van der Waals surface area contributed by atoms with E-state index in [2.05, 4.69) is 10.6 Å². The first-order valence-corrected chi connectivity index (χ1v) is 7.72. The molecular weight excluding hydrogens is 236 g/mol. The lowest BCUT2D eigenvalue weighted by molar-refractivity contribution is -0.123. The third-order valence-electron chi connectivity index (χ3n) is 2.79. The van der Waals surface area contributed by atoms with E-state index in [9.17, 15) is 4.79 Å². The zero-order valence-electron chi connectivity index (χ0n) is 10.8. The SMILES string of the molecule is CSCC(C)NC(=O)CCOC1CCNCC1. The van der Waals surface area contributed by atoms with E-state index < -0.39 is 0 Å². The molecule has 0 saturated carbocycles. The van der Waals surface area contributed by atoms with Gasteiger partial charge in [-0.1, -0.05) is 0 Å². The van der Waals surface area contributed by atoms with E-state index in [0.29, 0.717) is 19.1 Å². The molecule has 2 N–H and O–H groups in total. The molecule has 4 nitrogen and oxygen atoms in total. The van der Waals surface area contributed by atoms with Gasteiger partial charge in [-0.2, -0.15) is 11.8 Å². The Morgan fingerprint density at radius 1 is 1.53 bits per heavy atom. The summed E-state index contributed by atoms with van der Waals surface area (Å²) in [6, 6.07) is 0.247. The van der Waals surface area contributed by atoms with Crippen LogP contribution < -0.4 is 10.6 Å². The Morgan fingerprint density at radius 3 is 2.88 bits per heavy atom. The number of hydrogen-bond acceptors (Lipinski definition) is 4. The Hall–Kier alpha value is -0.260. The van der Waals surface area contributed by atoms with E-state index in [4.69, 9.17) is 4.74 Å². The van der Waals surface area contributed by atoms with E-state index in [-0.39, 0.29) is 11.9 Å². The topological polar surface area (TPSA) is 50.4 Å².